The molecule has 6 aromatic rings. The van der Waals surface area contributed by atoms with E-state index < -0.39 is 0 Å². The average molecular weight is 448 g/mol. The zero-order valence-corrected chi connectivity index (χ0v) is 21.8. The van der Waals surface area contributed by atoms with Crippen molar-refractivity contribution in [2.24, 2.45) is 13.0 Å². The van der Waals surface area contributed by atoms with Crippen molar-refractivity contribution in [1.82, 2.24) is 4.40 Å². The first kappa shape index (κ1) is 21.4. The van der Waals surface area contributed by atoms with Gasteiger partial charge in [0.1, 0.15) is 7.05 Å². The molecule has 0 radical (unpaired) electrons. The Balaban J connectivity index is 1.96. The highest BCUT2D eigenvalue weighted by Crippen LogP contribution is 2.43. The number of aryl methyl sites for hydroxylation is 3. The molecular formula is C32H35N2+. The molecule has 172 valence electrons. The number of aromatic nitrogens is 2. The van der Waals surface area contributed by atoms with Crippen LogP contribution in [0.1, 0.15) is 56.9 Å². The minimum Gasteiger partial charge on any atom is -0.307 e. The molecule has 0 N–H and O–H groups in total. The van der Waals surface area contributed by atoms with Crippen LogP contribution in [0.25, 0.3) is 49.0 Å². The second-order valence-electron chi connectivity index (χ2n) is 11.9. The van der Waals surface area contributed by atoms with E-state index in [4.69, 9.17) is 0 Å². The SMILES string of the molecule is Cc1cc2c3cc(C(C)(C)C)ccc3n3c4cc(CC(C)C)cc5cc[n+](C)c(c(c1C)c23)c54. The van der Waals surface area contributed by atoms with E-state index in [1.54, 1.807) is 0 Å². The molecule has 0 atom stereocenters. The first-order valence-corrected chi connectivity index (χ1v) is 12.6. The zero-order chi connectivity index (χ0) is 24.1. The average Bonchev–Trinajstić information content (AvgIpc) is 3.08. The summed E-state index contributed by atoms with van der Waals surface area (Å²) in [4.78, 5) is 0. The number of hydrogen-bond donors (Lipinski definition) is 0. The first-order chi connectivity index (χ1) is 16.1. The predicted molar refractivity (Wildman–Crippen MR) is 146 cm³/mol. The van der Waals surface area contributed by atoms with Crippen LogP contribution in [0.15, 0.2) is 48.7 Å². The summed E-state index contributed by atoms with van der Waals surface area (Å²) in [6, 6.07) is 16.7. The van der Waals surface area contributed by atoms with Crippen molar-refractivity contribution in [3.63, 3.8) is 0 Å². The molecule has 0 saturated carbocycles. The van der Waals surface area contributed by atoms with E-state index in [-0.39, 0.29) is 5.41 Å². The summed E-state index contributed by atoms with van der Waals surface area (Å²) in [7, 11) is 2.20. The van der Waals surface area contributed by atoms with Crippen LogP contribution in [0.5, 0.6) is 0 Å². The summed E-state index contributed by atoms with van der Waals surface area (Å²) < 4.78 is 4.90. The van der Waals surface area contributed by atoms with E-state index in [0.717, 1.165) is 6.42 Å². The lowest BCUT2D eigenvalue weighted by molar-refractivity contribution is -0.643. The maximum Gasteiger partial charge on any atom is 0.224 e. The lowest BCUT2D eigenvalue weighted by atomic mass is 9.86. The van der Waals surface area contributed by atoms with Gasteiger partial charge in [-0.05, 0) is 83.5 Å². The third-order valence-corrected chi connectivity index (χ3v) is 7.83. The van der Waals surface area contributed by atoms with E-state index in [1.807, 2.05) is 0 Å². The summed E-state index contributed by atoms with van der Waals surface area (Å²) in [5.74, 6) is 0.625. The second kappa shape index (κ2) is 6.95. The topological polar surface area (TPSA) is 8.29 Å². The number of rotatable bonds is 2. The quantitative estimate of drug-likeness (QED) is 0.145. The van der Waals surface area contributed by atoms with Crippen LogP contribution in [0.4, 0.5) is 0 Å². The lowest BCUT2D eigenvalue weighted by Crippen LogP contribution is -2.29. The number of benzene rings is 3. The molecule has 0 spiro atoms. The second-order valence-corrected chi connectivity index (χ2v) is 11.9. The van der Waals surface area contributed by atoms with Gasteiger partial charge in [0.05, 0.1) is 27.3 Å². The Morgan fingerprint density at radius 1 is 0.882 bits per heavy atom. The zero-order valence-electron chi connectivity index (χ0n) is 21.8. The van der Waals surface area contributed by atoms with Crippen LogP contribution in [0.2, 0.25) is 0 Å². The van der Waals surface area contributed by atoms with Crippen LogP contribution in [0, 0.1) is 19.8 Å². The highest BCUT2D eigenvalue weighted by molar-refractivity contribution is 6.26. The Morgan fingerprint density at radius 3 is 2.35 bits per heavy atom. The third kappa shape index (κ3) is 2.84. The Kier molecular flexibility index (Phi) is 4.37. The van der Waals surface area contributed by atoms with E-state index in [9.17, 15) is 0 Å². The molecule has 0 aliphatic rings. The lowest BCUT2D eigenvalue weighted by Gasteiger charge is -2.19. The summed E-state index contributed by atoms with van der Waals surface area (Å²) >= 11 is 0. The van der Waals surface area contributed by atoms with Crippen molar-refractivity contribution in [1.29, 1.82) is 0 Å². The third-order valence-electron chi connectivity index (χ3n) is 7.83. The van der Waals surface area contributed by atoms with Crippen LogP contribution in [-0.4, -0.2) is 4.40 Å². The fraction of sp³-hybridized carbons (Fsp3) is 0.344. The fourth-order valence-corrected chi connectivity index (χ4v) is 6.02. The molecule has 34 heavy (non-hydrogen) atoms. The van der Waals surface area contributed by atoms with Crippen LogP contribution in [0.3, 0.4) is 0 Å². The molecule has 0 fully saturated rings. The standard InChI is InChI=1S/C32H35N2/c1-18(2)13-21-15-22-11-12-33(8)31-28-20(4)19(3)14-25-24-17-23(32(5,6)7)9-10-26(24)34(30(25)28)27(16-21)29(22)31/h9-12,14-18H,13H2,1-8H3/q+1. The summed E-state index contributed by atoms with van der Waals surface area (Å²) in [6.07, 6.45) is 3.33. The normalized spacial score (nSPS) is 13.1. The van der Waals surface area contributed by atoms with Crippen molar-refractivity contribution >= 4 is 49.0 Å². The largest absolute Gasteiger partial charge is 0.307 e. The van der Waals surface area contributed by atoms with Crippen molar-refractivity contribution in [3.8, 4) is 0 Å². The molecule has 0 amide bonds. The molecule has 3 heterocycles. The van der Waals surface area contributed by atoms with E-state index in [0.29, 0.717) is 5.92 Å². The molecular weight excluding hydrogens is 412 g/mol. The van der Waals surface area contributed by atoms with Gasteiger partial charge in [-0.2, -0.15) is 0 Å². The molecule has 3 aromatic heterocycles. The first-order valence-electron chi connectivity index (χ1n) is 12.6. The van der Waals surface area contributed by atoms with Gasteiger partial charge >= 0.3 is 0 Å². The van der Waals surface area contributed by atoms with Crippen LogP contribution >= 0.6 is 0 Å². The minimum absolute atomic E-state index is 0.116. The van der Waals surface area contributed by atoms with Crippen molar-refractivity contribution < 1.29 is 4.57 Å². The minimum atomic E-state index is 0.116. The maximum atomic E-state index is 2.57. The number of hydrogen-bond acceptors (Lipinski definition) is 0. The molecule has 2 heteroatoms. The highest BCUT2D eigenvalue weighted by Gasteiger charge is 2.26. The molecule has 6 rings (SSSR count). The van der Waals surface area contributed by atoms with Crippen molar-refractivity contribution in [2.75, 3.05) is 0 Å². The van der Waals surface area contributed by atoms with Gasteiger partial charge in [0.25, 0.3) is 0 Å². The molecule has 0 aliphatic heterocycles. The van der Waals surface area contributed by atoms with Crippen molar-refractivity contribution in [2.45, 2.75) is 60.3 Å². The Morgan fingerprint density at radius 2 is 1.65 bits per heavy atom. The maximum absolute atomic E-state index is 2.57. The fourth-order valence-electron chi connectivity index (χ4n) is 6.02. The van der Waals surface area contributed by atoms with Gasteiger partial charge in [-0.25, -0.2) is 4.57 Å². The predicted octanol–water partition coefficient (Wildman–Crippen LogP) is 7.93. The van der Waals surface area contributed by atoms with E-state index in [1.165, 1.54) is 71.3 Å². The van der Waals surface area contributed by atoms with Gasteiger partial charge in [0.2, 0.25) is 5.52 Å². The van der Waals surface area contributed by atoms with E-state index in [2.05, 4.69) is 113 Å². The Hall–Kier alpha value is -3.13. The summed E-state index contributed by atoms with van der Waals surface area (Å²) in [5, 5.41) is 6.84. The van der Waals surface area contributed by atoms with Gasteiger partial charge in [-0.3, -0.25) is 0 Å². The molecule has 0 saturated heterocycles. The number of nitrogens with zero attached hydrogens (tertiary/aromatic N) is 2. The van der Waals surface area contributed by atoms with E-state index >= 15 is 0 Å². The molecule has 0 unspecified atom stereocenters. The Labute approximate surface area is 202 Å². The van der Waals surface area contributed by atoms with Gasteiger partial charge in [0.15, 0.2) is 6.20 Å². The van der Waals surface area contributed by atoms with Crippen LogP contribution < -0.4 is 4.57 Å². The van der Waals surface area contributed by atoms with Crippen molar-refractivity contribution in [3.05, 3.63) is 70.9 Å². The van der Waals surface area contributed by atoms with Gasteiger partial charge in [-0.1, -0.05) is 46.8 Å². The monoisotopic (exact) mass is 447 g/mol. The number of fused-ring (bicyclic) bond motifs is 5. The molecule has 0 aliphatic carbocycles. The molecule has 2 nitrogen and oxygen atoms in total. The van der Waals surface area contributed by atoms with Crippen LogP contribution in [-0.2, 0) is 18.9 Å². The van der Waals surface area contributed by atoms with Gasteiger partial charge < -0.3 is 4.40 Å². The molecule has 0 bridgehead atoms. The summed E-state index contributed by atoms with van der Waals surface area (Å²) in [6.45, 7) is 16.1. The molecule has 3 aromatic carbocycles. The number of pyridine rings is 2. The van der Waals surface area contributed by atoms with Gasteiger partial charge in [0, 0.05) is 16.8 Å². The smallest absolute Gasteiger partial charge is 0.224 e. The Bertz CT molecular complexity index is 1760. The van der Waals surface area contributed by atoms with Gasteiger partial charge in [-0.15, -0.1) is 0 Å². The highest BCUT2D eigenvalue weighted by atomic mass is 15.0. The summed E-state index contributed by atoms with van der Waals surface area (Å²) in [5.41, 5.74) is 11.0.